The van der Waals surface area contributed by atoms with Crippen LogP contribution in [0, 0.1) is 12.8 Å². The summed E-state index contributed by atoms with van der Waals surface area (Å²) >= 11 is 5.43. The maximum absolute atomic E-state index is 4.52. The second-order valence-corrected chi connectivity index (χ2v) is 8.28. The van der Waals surface area contributed by atoms with Gasteiger partial charge in [-0.3, -0.25) is 0 Å². The van der Waals surface area contributed by atoms with Gasteiger partial charge in [-0.2, -0.15) is 0 Å². The van der Waals surface area contributed by atoms with Gasteiger partial charge >= 0.3 is 0 Å². The van der Waals surface area contributed by atoms with Crippen LogP contribution in [0.1, 0.15) is 29.3 Å². The number of nitrogens with one attached hydrogen (secondary N) is 1. The molecule has 2 aromatic heterocycles. The molecule has 1 unspecified atom stereocenters. The first-order valence-electron chi connectivity index (χ1n) is 7.90. The summed E-state index contributed by atoms with van der Waals surface area (Å²) in [7, 11) is 0. The van der Waals surface area contributed by atoms with Crippen molar-refractivity contribution in [3.63, 3.8) is 0 Å². The number of halogens is 2. The molecular formula is C18H19BrClN3S. The Morgan fingerprint density at radius 3 is 2.92 bits per heavy atom. The number of hydrogen-bond acceptors (Lipinski definition) is 4. The van der Waals surface area contributed by atoms with Crippen LogP contribution in [-0.2, 0) is 12.8 Å². The van der Waals surface area contributed by atoms with Crippen LogP contribution in [0.3, 0.4) is 0 Å². The molecule has 24 heavy (non-hydrogen) atoms. The summed E-state index contributed by atoms with van der Waals surface area (Å²) in [4.78, 5) is 11.6. The van der Waals surface area contributed by atoms with Crippen molar-refractivity contribution in [1.82, 2.24) is 9.97 Å². The molecule has 0 fully saturated rings. The minimum Gasteiger partial charge on any atom is -0.340 e. The van der Waals surface area contributed by atoms with Crippen LogP contribution in [0.5, 0.6) is 0 Å². The van der Waals surface area contributed by atoms with E-state index in [0.29, 0.717) is 0 Å². The maximum Gasteiger partial charge on any atom is 0.142 e. The topological polar surface area (TPSA) is 37.8 Å². The Bertz CT molecular complexity index is 893. The summed E-state index contributed by atoms with van der Waals surface area (Å²) in [5, 5.41) is 4.71. The van der Waals surface area contributed by atoms with Gasteiger partial charge in [0.25, 0.3) is 0 Å². The summed E-state index contributed by atoms with van der Waals surface area (Å²) in [5.74, 6) is 1.70. The zero-order valence-corrected chi connectivity index (χ0v) is 16.8. The lowest BCUT2D eigenvalue weighted by Crippen LogP contribution is -2.09. The molecule has 3 aromatic rings. The summed E-state index contributed by atoms with van der Waals surface area (Å²) in [5.41, 5.74) is 3.73. The fourth-order valence-electron chi connectivity index (χ4n) is 3.18. The van der Waals surface area contributed by atoms with Crippen molar-refractivity contribution in [2.45, 2.75) is 33.1 Å². The van der Waals surface area contributed by atoms with Crippen molar-refractivity contribution < 1.29 is 0 Å². The number of anilines is 2. The van der Waals surface area contributed by atoms with Crippen molar-refractivity contribution in [2.24, 2.45) is 5.92 Å². The third-order valence-electron chi connectivity index (χ3n) is 4.53. The summed E-state index contributed by atoms with van der Waals surface area (Å²) in [6.45, 7) is 4.43. The number of fused-ring (bicyclic) bond motifs is 3. The lowest BCUT2D eigenvalue weighted by Gasteiger charge is -2.18. The normalized spacial score (nSPS) is 16.5. The number of rotatable bonds is 2. The molecule has 6 heteroatoms. The Morgan fingerprint density at radius 1 is 1.29 bits per heavy atom. The number of nitrogens with zero attached hydrogens (tertiary/aromatic N) is 2. The molecule has 0 saturated carbocycles. The third-order valence-corrected chi connectivity index (χ3v) is 6.54. The Kier molecular flexibility index (Phi) is 5.13. The predicted octanol–water partition coefficient (Wildman–Crippen LogP) is 6.05. The molecular weight excluding hydrogens is 406 g/mol. The summed E-state index contributed by atoms with van der Waals surface area (Å²) < 4.78 is 1.11. The SMILES string of the molecule is Cc1ccc(Nc2ncnc3sc4c(c23)CCC(C)C4)cc1Br.Cl. The quantitative estimate of drug-likeness (QED) is 0.544. The molecule has 0 aliphatic heterocycles. The number of benzene rings is 1. The maximum atomic E-state index is 4.52. The zero-order valence-electron chi connectivity index (χ0n) is 13.6. The van der Waals surface area contributed by atoms with E-state index in [1.165, 1.54) is 34.2 Å². The average molecular weight is 425 g/mol. The van der Waals surface area contributed by atoms with Crippen molar-refractivity contribution in [2.75, 3.05) is 5.32 Å². The lowest BCUT2D eigenvalue weighted by molar-refractivity contribution is 0.509. The van der Waals surface area contributed by atoms with Crippen LogP contribution < -0.4 is 5.32 Å². The average Bonchev–Trinajstić information content (AvgIpc) is 2.89. The lowest BCUT2D eigenvalue weighted by atomic mass is 9.89. The van der Waals surface area contributed by atoms with Gasteiger partial charge in [-0.05, 0) is 55.4 Å². The first kappa shape index (κ1) is 17.6. The minimum atomic E-state index is 0. The van der Waals surface area contributed by atoms with Gasteiger partial charge < -0.3 is 5.32 Å². The predicted molar refractivity (Wildman–Crippen MR) is 108 cm³/mol. The highest BCUT2D eigenvalue weighted by molar-refractivity contribution is 9.10. The van der Waals surface area contributed by atoms with Crippen molar-refractivity contribution in [3.05, 3.63) is 45.0 Å². The Morgan fingerprint density at radius 2 is 2.12 bits per heavy atom. The molecule has 1 aromatic carbocycles. The zero-order chi connectivity index (χ0) is 16.0. The molecule has 0 radical (unpaired) electrons. The Labute approximate surface area is 160 Å². The molecule has 1 N–H and O–H groups in total. The number of aryl methyl sites for hydroxylation is 2. The number of hydrogen-bond donors (Lipinski definition) is 1. The standard InChI is InChI=1S/C18H18BrN3S.ClH/c1-10-3-6-13-15(7-10)23-18-16(13)17(20-9-21-18)22-12-5-4-11(2)14(19)8-12;/h4-5,8-10H,3,6-7H2,1-2H3,(H,20,21,22);1H. The smallest absolute Gasteiger partial charge is 0.142 e. The van der Waals surface area contributed by atoms with Crippen LogP contribution in [0.25, 0.3) is 10.2 Å². The fraction of sp³-hybridized carbons (Fsp3) is 0.333. The molecule has 2 heterocycles. The van der Waals surface area contributed by atoms with Crippen LogP contribution in [-0.4, -0.2) is 9.97 Å². The Hall–Kier alpha value is -1.17. The van der Waals surface area contributed by atoms with Crippen LogP contribution in [0.4, 0.5) is 11.5 Å². The molecule has 4 rings (SSSR count). The van der Waals surface area contributed by atoms with E-state index in [4.69, 9.17) is 0 Å². The van der Waals surface area contributed by atoms with E-state index < -0.39 is 0 Å². The second kappa shape index (κ2) is 6.98. The molecule has 126 valence electrons. The molecule has 0 saturated heterocycles. The van der Waals surface area contributed by atoms with Crippen LogP contribution >= 0.6 is 39.7 Å². The monoisotopic (exact) mass is 423 g/mol. The molecule has 0 amide bonds. The number of aromatic nitrogens is 2. The first-order valence-corrected chi connectivity index (χ1v) is 9.51. The van der Waals surface area contributed by atoms with E-state index in [0.717, 1.165) is 33.1 Å². The highest BCUT2D eigenvalue weighted by atomic mass is 79.9. The van der Waals surface area contributed by atoms with Crippen molar-refractivity contribution in [3.8, 4) is 0 Å². The first-order chi connectivity index (χ1) is 11.1. The largest absolute Gasteiger partial charge is 0.340 e. The van der Waals surface area contributed by atoms with Crippen LogP contribution in [0.15, 0.2) is 29.0 Å². The molecule has 0 spiro atoms. The third kappa shape index (κ3) is 3.17. The van der Waals surface area contributed by atoms with Gasteiger partial charge in [0.2, 0.25) is 0 Å². The van der Waals surface area contributed by atoms with E-state index in [2.05, 4.69) is 63.3 Å². The molecule has 0 bridgehead atoms. The van der Waals surface area contributed by atoms with E-state index in [-0.39, 0.29) is 12.4 Å². The fourth-order valence-corrected chi connectivity index (χ4v) is 4.91. The molecule has 1 atom stereocenters. The Balaban J connectivity index is 0.00000169. The van der Waals surface area contributed by atoms with Gasteiger partial charge in [-0.1, -0.05) is 28.9 Å². The van der Waals surface area contributed by atoms with Crippen molar-refractivity contribution >= 4 is 61.4 Å². The van der Waals surface area contributed by atoms with Crippen LogP contribution in [0.2, 0.25) is 0 Å². The highest BCUT2D eigenvalue weighted by Gasteiger charge is 2.23. The van der Waals surface area contributed by atoms with Gasteiger partial charge in [0, 0.05) is 15.0 Å². The van der Waals surface area contributed by atoms with E-state index >= 15 is 0 Å². The summed E-state index contributed by atoms with van der Waals surface area (Å²) in [6, 6.07) is 6.30. The molecule has 1 aliphatic carbocycles. The van der Waals surface area contributed by atoms with Crippen molar-refractivity contribution in [1.29, 1.82) is 0 Å². The van der Waals surface area contributed by atoms with E-state index in [9.17, 15) is 0 Å². The van der Waals surface area contributed by atoms with Gasteiger partial charge in [-0.15, -0.1) is 23.7 Å². The second-order valence-electron chi connectivity index (χ2n) is 6.34. The van der Waals surface area contributed by atoms with Gasteiger partial charge in [-0.25, -0.2) is 9.97 Å². The molecule has 3 nitrogen and oxygen atoms in total. The number of thiophene rings is 1. The van der Waals surface area contributed by atoms with Gasteiger partial charge in [0.15, 0.2) is 0 Å². The van der Waals surface area contributed by atoms with Gasteiger partial charge in [0.1, 0.15) is 17.0 Å². The minimum absolute atomic E-state index is 0. The highest BCUT2D eigenvalue weighted by Crippen LogP contribution is 2.40. The summed E-state index contributed by atoms with van der Waals surface area (Å²) in [6.07, 6.45) is 5.23. The van der Waals surface area contributed by atoms with E-state index in [1.54, 1.807) is 6.33 Å². The van der Waals surface area contributed by atoms with Gasteiger partial charge in [0.05, 0.1) is 5.39 Å². The van der Waals surface area contributed by atoms with E-state index in [1.807, 2.05) is 11.3 Å². The molecule has 1 aliphatic rings.